The van der Waals surface area contributed by atoms with Gasteiger partial charge in [-0.05, 0) is 37.6 Å². The maximum atomic E-state index is 14.8. The summed E-state index contributed by atoms with van der Waals surface area (Å²) in [5, 5.41) is 26.0. The fourth-order valence-corrected chi connectivity index (χ4v) is 9.28. The Labute approximate surface area is 382 Å². The van der Waals surface area contributed by atoms with E-state index in [0.717, 1.165) is 5.56 Å². The van der Waals surface area contributed by atoms with E-state index < -0.39 is 77.0 Å². The zero-order valence-electron chi connectivity index (χ0n) is 37.0. The number of anilines is 1. The molecule has 15 nitrogen and oxygen atoms in total. The van der Waals surface area contributed by atoms with Crippen molar-refractivity contribution in [1.29, 1.82) is 0 Å². The second kappa shape index (κ2) is 17.7. The maximum absolute atomic E-state index is 14.8. The zero-order chi connectivity index (χ0) is 46.6. The number of allylic oxidation sites excluding steroid dienone is 2. The Morgan fingerprint density at radius 2 is 1.74 bits per heavy atom. The van der Waals surface area contributed by atoms with Crippen LogP contribution in [-0.2, 0) is 35.1 Å². The summed E-state index contributed by atoms with van der Waals surface area (Å²) >= 11 is 3.53. The number of fused-ring (bicyclic) bond motifs is 9. The molecule has 0 radical (unpaired) electrons. The molecule has 16 heteroatoms. The number of esters is 1. The van der Waals surface area contributed by atoms with E-state index in [9.17, 15) is 29.4 Å². The minimum atomic E-state index is -2.06. The average molecular weight is 954 g/mol. The SMILES string of the molecule is CO[C@H]1/C=C/O[C@@]2(C)Oc3c(C)c(=O)c4c(O)c(c5oc6cc(Br)cc(OCc7ccccc7)c6nc5c4c3C2=O)NC(=O)/C(C)=C\C=C\[C@H](C)[C@@H]2O[C@H]([C@H](O)[C@@H]2C)[C@H](OC(C)=O)[C@@H]1C. The number of hydrogen-bond acceptors (Lipinski definition) is 14. The molecule has 5 aromatic rings. The number of methoxy groups -OCH3 is 1. The van der Waals surface area contributed by atoms with Crippen molar-refractivity contribution in [3.05, 3.63) is 110 Å². The lowest BCUT2D eigenvalue weighted by atomic mass is 9.86. The first kappa shape index (κ1) is 45.5. The lowest BCUT2D eigenvalue weighted by Crippen LogP contribution is -2.46. The number of aromatic hydroxyl groups is 1. The standard InChI is InChI=1S/C49H49BrN2O13/c1-22-13-12-14-23(2)48(58)52-38-41(56)34-33(37-45(38)63-32-20-29(50)19-31(36(32)51-37)60-21-28-15-10-9-11-16-28)35-43(25(4)39(34)54)65-49(7,47(35)57)61-18-17-30(59-8)24(3)44(62-27(6)53)46-40(55)26(5)42(22)64-46/h9-20,22,24,26,30,40,42,44,46,55-56H,21H2,1-8H3,(H,52,58)/b13-12+,18-17+,23-14-/t22-,24+,26-,30-,40+,42-,44+,46+,49-/m0/s1. The smallest absolute Gasteiger partial charge is 0.312 e. The number of carbonyl (C=O) groups excluding carboxylic acids is 3. The molecule has 0 saturated carbocycles. The molecule has 5 heterocycles. The number of aromatic nitrogens is 1. The molecule has 0 spiro atoms. The number of aliphatic hydroxyl groups excluding tert-OH is 1. The lowest BCUT2D eigenvalue weighted by Gasteiger charge is -2.33. The van der Waals surface area contributed by atoms with Crippen molar-refractivity contribution >= 4 is 72.2 Å². The van der Waals surface area contributed by atoms with E-state index in [1.54, 1.807) is 38.1 Å². The van der Waals surface area contributed by atoms with Crippen LogP contribution in [0.5, 0.6) is 17.2 Å². The number of amides is 1. The monoisotopic (exact) mass is 952 g/mol. The number of rotatable bonds is 5. The van der Waals surface area contributed by atoms with Crippen LogP contribution in [0, 0.1) is 24.7 Å². The third kappa shape index (κ3) is 8.17. The second-order valence-electron chi connectivity index (χ2n) is 17.0. The molecule has 9 atom stereocenters. The molecule has 0 unspecified atom stereocenters. The van der Waals surface area contributed by atoms with Gasteiger partial charge in [0.1, 0.15) is 47.0 Å². The van der Waals surface area contributed by atoms with Gasteiger partial charge in [0.2, 0.25) is 0 Å². The van der Waals surface area contributed by atoms with Crippen molar-refractivity contribution in [3.8, 4) is 17.2 Å². The Bertz CT molecular complexity index is 2910. The summed E-state index contributed by atoms with van der Waals surface area (Å²) < 4.78 is 43.9. The van der Waals surface area contributed by atoms with Crippen molar-refractivity contribution in [2.75, 3.05) is 12.4 Å². The molecular formula is C49H49BrN2O13. The molecule has 1 aromatic heterocycles. The van der Waals surface area contributed by atoms with Crippen molar-refractivity contribution < 1.29 is 57.4 Å². The van der Waals surface area contributed by atoms with Crippen LogP contribution in [0.25, 0.3) is 33.0 Å². The highest BCUT2D eigenvalue weighted by molar-refractivity contribution is 9.10. The van der Waals surface area contributed by atoms with Gasteiger partial charge in [0, 0.05) is 59.7 Å². The van der Waals surface area contributed by atoms with Crippen molar-refractivity contribution in [2.45, 2.75) is 91.4 Å². The minimum absolute atomic E-state index is 0.0160. The largest absolute Gasteiger partial charge is 0.505 e. The number of phenols is 1. The maximum Gasteiger partial charge on any atom is 0.312 e. The van der Waals surface area contributed by atoms with Gasteiger partial charge >= 0.3 is 11.8 Å². The van der Waals surface area contributed by atoms with Crippen LogP contribution in [0.4, 0.5) is 5.69 Å². The predicted molar refractivity (Wildman–Crippen MR) is 244 cm³/mol. The highest BCUT2D eigenvalue weighted by Gasteiger charge is 2.51. The van der Waals surface area contributed by atoms with E-state index in [0.29, 0.717) is 10.2 Å². The summed E-state index contributed by atoms with van der Waals surface area (Å²) in [6.07, 6.45) is 3.56. The third-order valence-corrected chi connectivity index (χ3v) is 12.9. The molecule has 4 aliphatic rings. The Morgan fingerprint density at radius 3 is 2.45 bits per heavy atom. The van der Waals surface area contributed by atoms with Crippen molar-refractivity contribution in [3.63, 3.8) is 0 Å². The average Bonchev–Trinajstić information content (AvgIpc) is 3.72. The molecule has 7 bridgehead atoms. The number of phenolic OH excluding ortho intramolecular Hbond substituents is 1. The van der Waals surface area contributed by atoms with Gasteiger partial charge in [-0.3, -0.25) is 19.2 Å². The van der Waals surface area contributed by atoms with Gasteiger partial charge in [0.15, 0.2) is 22.3 Å². The first-order valence-corrected chi connectivity index (χ1v) is 22.0. The number of hydrogen-bond donors (Lipinski definition) is 3. The fraction of sp³-hybridized carbons (Fsp3) is 0.367. The third-order valence-electron chi connectivity index (χ3n) is 12.5. The number of halogens is 1. The molecule has 4 aromatic carbocycles. The van der Waals surface area contributed by atoms with Gasteiger partial charge in [-0.2, -0.15) is 0 Å². The summed E-state index contributed by atoms with van der Waals surface area (Å²) in [4.78, 5) is 60.8. The number of ketones is 1. The van der Waals surface area contributed by atoms with Gasteiger partial charge in [0.25, 0.3) is 11.7 Å². The normalized spacial score (nSPS) is 28.8. The highest BCUT2D eigenvalue weighted by Crippen LogP contribution is 2.49. The minimum Gasteiger partial charge on any atom is -0.505 e. The van der Waals surface area contributed by atoms with E-state index in [4.69, 9.17) is 37.8 Å². The molecule has 1 amide bonds. The quantitative estimate of drug-likeness (QED) is 0.0660. The van der Waals surface area contributed by atoms with Gasteiger partial charge in [-0.1, -0.05) is 85.3 Å². The van der Waals surface area contributed by atoms with Crippen molar-refractivity contribution in [1.82, 2.24) is 4.98 Å². The van der Waals surface area contributed by atoms with E-state index in [-0.39, 0.29) is 73.6 Å². The van der Waals surface area contributed by atoms with Crippen LogP contribution in [0.15, 0.2) is 92.3 Å². The van der Waals surface area contributed by atoms with E-state index in [2.05, 4.69) is 21.2 Å². The topological polar surface area (TPSA) is 202 Å². The Hall–Kier alpha value is -6.07. The van der Waals surface area contributed by atoms with Crippen LogP contribution in [0.3, 0.4) is 0 Å². The van der Waals surface area contributed by atoms with Crippen LogP contribution in [-0.4, -0.2) is 76.3 Å². The van der Waals surface area contributed by atoms with Gasteiger partial charge in [0.05, 0.1) is 35.5 Å². The number of carbonyl (C=O) groups is 3. The summed E-state index contributed by atoms with van der Waals surface area (Å²) in [6.45, 7) is 11.4. The summed E-state index contributed by atoms with van der Waals surface area (Å²) in [5.41, 5.74) is 0.194. The number of Topliss-reactive ketones (excluding diaryl/α,β-unsaturated/α-hetero) is 1. The van der Waals surface area contributed by atoms with Crippen LogP contribution < -0.4 is 20.2 Å². The molecule has 65 heavy (non-hydrogen) atoms. The second-order valence-corrected chi connectivity index (χ2v) is 17.9. The highest BCUT2D eigenvalue weighted by atomic mass is 79.9. The molecule has 4 aliphatic heterocycles. The van der Waals surface area contributed by atoms with Gasteiger partial charge in [-0.25, -0.2) is 4.98 Å². The first-order valence-electron chi connectivity index (χ1n) is 21.2. The Morgan fingerprint density at radius 1 is 1.00 bits per heavy atom. The van der Waals surface area contributed by atoms with E-state index >= 15 is 0 Å². The molecule has 1 fully saturated rings. The Kier molecular flexibility index (Phi) is 12.4. The summed E-state index contributed by atoms with van der Waals surface area (Å²) in [7, 11) is 1.45. The molecule has 9 rings (SSSR count). The molecular weight excluding hydrogens is 904 g/mol. The summed E-state index contributed by atoms with van der Waals surface area (Å²) in [6, 6.07) is 12.8. The Balaban J connectivity index is 1.34. The van der Waals surface area contributed by atoms with Gasteiger partial charge < -0.3 is 48.4 Å². The van der Waals surface area contributed by atoms with Crippen LogP contribution in [0.2, 0.25) is 0 Å². The molecule has 3 N–H and O–H groups in total. The molecule has 0 aliphatic carbocycles. The number of aliphatic hydroxyl groups is 1. The first-order chi connectivity index (χ1) is 30.9. The van der Waals surface area contributed by atoms with Crippen molar-refractivity contribution in [2.24, 2.45) is 17.8 Å². The number of ether oxygens (including phenoxy) is 6. The molecule has 1 saturated heterocycles. The fourth-order valence-electron chi connectivity index (χ4n) is 8.87. The predicted octanol–water partition coefficient (Wildman–Crippen LogP) is 8.11. The molecule has 340 valence electrons. The van der Waals surface area contributed by atoms with Crippen LogP contribution in [0.1, 0.15) is 63.0 Å². The number of nitrogens with one attached hydrogen (secondary N) is 1. The lowest BCUT2D eigenvalue weighted by molar-refractivity contribution is -0.168. The zero-order valence-corrected chi connectivity index (χ0v) is 38.6. The van der Waals surface area contributed by atoms with E-state index in [1.165, 1.54) is 40.2 Å². The number of nitrogens with zero attached hydrogens (tertiary/aromatic N) is 1. The van der Waals surface area contributed by atoms with E-state index in [1.807, 2.05) is 50.3 Å². The van der Waals surface area contributed by atoms with Gasteiger partial charge in [-0.15, -0.1) is 0 Å². The number of benzene rings is 4. The van der Waals surface area contributed by atoms with Crippen LogP contribution >= 0.6 is 15.9 Å². The summed E-state index contributed by atoms with van der Waals surface area (Å²) in [5.74, 6) is -5.79.